The first-order chi connectivity index (χ1) is 16.1. The summed E-state index contributed by atoms with van der Waals surface area (Å²) in [5.74, 6) is 1.42. The fraction of sp³-hybridized carbons (Fsp3) is 0.500. The van der Waals surface area contributed by atoms with E-state index >= 15 is 0 Å². The van der Waals surface area contributed by atoms with E-state index < -0.39 is 0 Å². The van der Waals surface area contributed by atoms with Gasteiger partial charge in [-0.25, -0.2) is 4.52 Å². The lowest BCUT2D eigenvalue weighted by Crippen LogP contribution is -2.40. The second-order valence-electron chi connectivity index (χ2n) is 9.12. The third-order valence-electron chi connectivity index (χ3n) is 6.83. The van der Waals surface area contributed by atoms with E-state index in [1.807, 2.05) is 0 Å². The zero-order valence-corrected chi connectivity index (χ0v) is 20.8. The highest BCUT2D eigenvalue weighted by molar-refractivity contribution is 7.98. The summed E-state index contributed by atoms with van der Waals surface area (Å²) in [6.45, 7) is 8.51. The molecule has 0 saturated carbocycles. The highest BCUT2D eigenvalue weighted by atomic mass is 32.2. The Balaban J connectivity index is 1.68. The van der Waals surface area contributed by atoms with E-state index in [4.69, 9.17) is 19.3 Å². The molecule has 2 fully saturated rings. The first kappa shape index (κ1) is 22.6. The standard InChI is InChI=1S/C26H33N3O3S/c1-17-12-18(2)24(23(13-17)30-3)21-6-5-7-22-25(26(33-4)27-29(21)22)28(20-9-11-32-16-20)14-19-8-10-31-15-19/h5-7,12-13,19-20H,8-11,14-16H2,1-4H3. The van der Waals surface area contributed by atoms with Gasteiger partial charge in [-0.1, -0.05) is 12.1 Å². The van der Waals surface area contributed by atoms with Crippen molar-refractivity contribution >= 4 is 23.0 Å². The van der Waals surface area contributed by atoms with Gasteiger partial charge in [0, 0.05) is 31.2 Å². The van der Waals surface area contributed by atoms with Gasteiger partial charge >= 0.3 is 0 Å². The number of nitrogens with zero attached hydrogens (tertiary/aromatic N) is 3. The summed E-state index contributed by atoms with van der Waals surface area (Å²) >= 11 is 1.71. The molecule has 0 bridgehead atoms. The molecule has 0 spiro atoms. The molecular weight excluding hydrogens is 434 g/mol. The van der Waals surface area contributed by atoms with Crippen molar-refractivity contribution < 1.29 is 14.2 Å². The number of ether oxygens (including phenoxy) is 3. The number of pyridine rings is 1. The maximum atomic E-state index is 5.81. The molecule has 3 aromatic rings. The molecule has 0 aliphatic carbocycles. The fourth-order valence-electron chi connectivity index (χ4n) is 5.25. The second kappa shape index (κ2) is 9.57. The van der Waals surface area contributed by atoms with Crippen LogP contribution in [0.1, 0.15) is 24.0 Å². The number of anilines is 1. The van der Waals surface area contributed by atoms with Crippen LogP contribution in [0.15, 0.2) is 35.4 Å². The molecule has 0 N–H and O–H groups in total. The minimum atomic E-state index is 0.365. The average Bonchev–Trinajstić information content (AvgIpc) is 3.57. The van der Waals surface area contributed by atoms with E-state index in [1.54, 1.807) is 18.9 Å². The third-order valence-corrected chi connectivity index (χ3v) is 7.49. The maximum Gasteiger partial charge on any atom is 0.142 e. The minimum Gasteiger partial charge on any atom is -0.496 e. The molecule has 6 nitrogen and oxygen atoms in total. The van der Waals surface area contributed by atoms with Crippen molar-refractivity contribution in [2.75, 3.05) is 51.2 Å². The van der Waals surface area contributed by atoms with Crippen molar-refractivity contribution in [2.45, 2.75) is 37.8 Å². The van der Waals surface area contributed by atoms with E-state index in [-0.39, 0.29) is 0 Å². The first-order valence-electron chi connectivity index (χ1n) is 11.7. The molecule has 33 heavy (non-hydrogen) atoms. The molecule has 5 rings (SSSR count). The van der Waals surface area contributed by atoms with Gasteiger partial charge in [-0.3, -0.25) is 0 Å². The molecule has 1 aromatic carbocycles. The van der Waals surface area contributed by atoms with E-state index in [0.29, 0.717) is 12.0 Å². The molecular formula is C26H33N3O3S. The Morgan fingerprint density at radius 2 is 1.97 bits per heavy atom. The minimum absolute atomic E-state index is 0.365. The van der Waals surface area contributed by atoms with Gasteiger partial charge in [0.15, 0.2) is 0 Å². The van der Waals surface area contributed by atoms with Gasteiger partial charge in [-0.05, 0) is 62.3 Å². The summed E-state index contributed by atoms with van der Waals surface area (Å²) in [5.41, 5.74) is 6.87. The van der Waals surface area contributed by atoms with Gasteiger partial charge in [0.25, 0.3) is 0 Å². The van der Waals surface area contributed by atoms with Crippen molar-refractivity contribution in [1.29, 1.82) is 0 Å². The number of rotatable bonds is 7. The van der Waals surface area contributed by atoms with Crippen molar-refractivity contribution in [3.63, 3.8) is 0 Å². The number of hydrogen-bond acceptors (Lipinski definition) is 6. The van der Waals surface area contributed by atoms with Gasteiger partial charge in [-0.15, -0.1) is 11.8 Å². The molecule has 2 saturated heterocycles. The SMILES string of the molecule is COc1cc(C)cc(C)c1-c1cccc2c(N(CC3CCOC3)C3CCOC3)c(SC)nn12. The van der Waals surface area contributed by atoms with E-state index in [0.717, 1.165) is 73.4 Å². The van der Waals surface area contributed by atoms with Crippen LogP contribution in [0, 0.1) is 19.8 Å². The molecule has 4 heterocycles. The fourth-order valence-corrected chi connectivity index (χ4v) is 5.83. The Hall–Kier alpha value is -2.22. The number of aromatic nitrogens is 2. The molecule has 2 unspecified atom stereocenters. The predicted molar refractivity (Wildman–Crippen MR) is 134 cm³/mol. The second-order valence-corrected chi connectivity index (χ2v) is 9.92. The van der Waals surface area contributed by atoms with E-state index in [2.05, 4.69) is 59.9 Å². The number of aryl methyl sites for hydroxylation is 2. The molecule has 2 atom stereocenters. The maximum absolute atomic E-state index is 5.81. The van der Waals surface area contributed by atoms with E-state index in [1.165, 1.54) is 16.8 Å². The van der Waals surface area contributed by atoms with Crippen LogP contribution in [0.2, 0.25) is 0 Å². The predicted octanol–water partition coefficient (Wildman–Crippen LogP) is 4.98. The summed E-state index contributed by atoms with van der Waals surface area (Å²) < 4.78 is 19.4. The first-order valence-corrected chi connectivity index (χ1v) is 13.0. The molecule has 2 aliphatic heterocycles. The number of thioether (sulfide) groups is 1. The van der Waals surface area contributed by atoms with Crippen LogP contribution in [0.4, 0.5) is 5.69 Å². The van der Waals surface area contributed by atoms with Crippen molar-refractivity contribution in [2.24, 2.45) is 5.92 Å². The summed E-state index contributed by atoms with van der Waals surface area (Å²) in [6.07, 6.45) is 4.27. The van der Waals surface area contributed by atoms with Crippen LogP contribution in [-0.2, 0) is 9.47 Å². The zero-order chi connectivity index (χ0) is 22.9. The Morgan fingerprint density at radius 1 is 1.15 bits per heavy atom. The molecule has 0 amide bonds. The number of benzene rings is 1. The monoisotopic (exact) mass is 467 g/mol. The Labute approximate surface area is 200 Å². The van der Waals surface area contributed by atoms with Gasteiger partial charge < -0.3 is 19.1 Å². The Kier molecular flexibility index (Phi) is 6.54. The lowest BCUT2D eigenvalue weighted by Gasteiger charge is -2.32. The van der Waals surface area contributed by atoms with Crippen LogP contribution < -0.4 is 9.64 Å². The molecule has 176 valence electrons. The highest BCUT2D eigenvalue weighted by Gasteiger charge is 2.32. The van der Waals surface area contributed by atoms with Crippen LogP contribution in [0.3, 0.4) is 0 Å². The van der Waals surface area contributed by atoms with Crippen LogP contribution >= 0.6 is 11.8 Å². The number of hydrogen-bond donors (Lipinski definition) is 0. The van der Waals surface area contributed by atoms with Crippen molar-refractivity contribution in [3.8, 4) is 17.0 Å². The van der Waals surface area contributed by atoms with Crippen LogP contribution in [0.5, 0.6) is 5.75 Å². The summed E-state index contributed by atoms with van der Waals surface area (Å²) in [4.78, 5) is 2.56. The van der Waals surface area contributed by atoms with Crippen molar-refractivity contribution in [1.82, 2.24) is 9.61 Å². The van der Waals surface area contributed by atoms with Crippen LogP contribution in [0.25, 0.3) is 16.8 Å². The molecule has 0 radical (unpaired) electrons. The third kappa shape index (κ3) is 4.22. The van der Waals surface area contributed by atoms with Crippen LogP contribution in [-0.4, -0.2) is 62.0 Å². The van der Waals surface area contributed by atoms with Gasteiger partial charge in [-0.2, -0.15) is 5.10 Å². The zero-order valence-electron chi connectivity index (χ0n) is 20.0. The quantitative estimate of drug-likeness (QED) is 0.457. The Bertz CT molecular complexity index is 1130. The average molecular weight is 468 g/mol. The largest absolute Gasteiger partial charge is 0.496 e. The van der Waals surface area contributed by atoms with Crippen molar-refractivity contribution in [3.05, 3.63) is 41.5 Å². The summed E-state index contributed by atoms with van der Waals surface area (Å²) in [7, 11) is 1.74. The number of methoxy groups -OCH3 is 1. The van der Waals surface area contributed by atoms with E-state index in [9.17, 15) is 0 Å². The Morgan fingerprint density at radius 3 is 2.67 bits per heavy atom. The topological polar surface area (TPSA) is 48.2 Å². The van der Waals surface area contributed by atoms with Gasteiger partial charge in [0.2, 0.25) is 0 Å². The number of fused-ring (bicyclic) bond motifs is 1. The lowest BCUT2D eigenvalue weighted by atomic mass is 10.0. The smallest absolute Gasteiger partial charge is 0.142 e. The highest BCUT2D eigenvalue weighted by Crippen LogP contribution is 2.40. The normalized spacial score (nSPS) is 20.6. The molecule has 7 heteroatoms. The molecule has 2 aromatic heterocycles. The van der Waals surface area contributed by atoms with Gasteiger partial charge in [0.1, 0.15) is 10.8 Å². The summed E-state index contributed by atoms with van der Waals surface area (Å²) in [6, 6.07) is 11.1. The summed E-state index contributed by atoms with van der Waals surface area (Å²) in [5, 5.41) is 6.18. The van der Waals surface area contributed by atoms with Gasteiger partial charge in [0.05, 0.1) is 43.3 Å². The molecule has 2 aliphatic rings. The lowest BCUT2D eigenvalue weighted by molar-refractivity contribution is 0.183.